The van der Waals surface area contributed by atoms with E-state index in [1.165, 1.54) is 6.92 Å². The van der Waals surface area contributed by atoms with Gasteiger partial charge in [-0.1, -0.05) is 0 Å². The molecule has 0 aromatic rings. The quantitative estimate of drug-likeness (QED) is 0.0158. The second-order valence-corrected chi connectivity index (χ2v) is 15.3. The summed E-state index contributed by atoms with van der Waals surface area (Å²) in [4.78, 5) is 116. The molecule has 0 fully saturated rings. The summed E-state index contributed by atoms with van der Waals surface area (Å²) in [5, 5.41) is 33.8. The molecule has 0 aliphatic carbocycles. The first kappa shape index (κ1) is 59.4. The molecule has 0 aromatic heterocycles. The SMILES string of the molecule is C[C@H](NC(=O)[C@H](CCCN=C(N)N)NC(=O)C(CCCCN)NC(=O)[C@@H](N)CCCN=C(N)N)C(=O)N[C@@H](CCCN=C(N)N)C(=O)NC(CCCCN)C(=O)NC(CCC(=O)O)C(=O)O. The smallest absolute Gasteiger partial charge is 0.326 e. The van der Waals surface area contributed by atoms with Gasteiger partial charge in [0.2, 0.25) is 35.4 Å². The number of hydrogen-bond donors (Lipinski definition) is 17. The van der Waals surface area contributed by atoms with E-state index in [0.717, 1.165) is 0 Å². The fourth-order valence-electron chi connectivity index (χ4n) is 6.02. The van der Waals surface area contributed by atoms with Crippen LogP contribution in [-0.4, -0.2) is 150 Å². The zero-order valence-electron chi connectivity index (χ0n) is 37.7. The summed E-state index contributed by atoms with van der Waals surface area (Å²) in [5.74, 6) is -8.15. The summed E-state index contributed by atoms with van der Waals surface area (Å²) in [6.45, 7) is 2.22. The zero-order valence-corrected chi connectivity index (χ0v) is 37.7. The Kier molecular flexibility index (Phi) is 30.5. The number of hydrogen-bond acceptors (Lipinski definition) is 14. The van der Waals surface area contributed by atoms with Crippen LogP contribution in [0.25, 0.3) is 0 Å². The van der Waals surface area contributed by atoms with Crippen LogP contribution in [0.4, 0.5) is 0 Å². The van der Waals surface area contributed by atoms with Crippen molar-refractivity contribution in [3.63, 3.8) is 0 Å². The van der Waals surface area contributed by atoms with Crippen molar-refractivity contribution < 1.29 is 48.6 Å². The molecule has 28 heteroatoms. The number of carboxylic acids is 2. The number of nitrogens with one attached hydrogen (secondary N) is 6. The van der Waals surface area contributed by atoms with E-state index in [2.05, 4.69) is 46.9 Å². The molecule has 376 valence electrons. The maximum Gasteiger partial charge on any atom is 0.326 e. The third-order valence-corrected chi connectivity index (χ3v) is 9.63. The molecule has 0 heterocycles. The first-order valence-electron chi connectivity index (χ1n) is 21.7. The Morgan fingerprint density at radius 1 is 0.439 bits per heavy atom. The number of unbranched alkanes of at least 4 members (excludes halogenated alkanes) is 2. The molecule has 0 aliphatic rings. The highest BCUT2D eigenvalue weighted by Crippen LogP contribution is 2.09. The Morgan fingerprint density at radius 2 is 0.773 bits per heavy atom. The van der Waals surface area contributed by atoms with Gasteiger partial charge >= 0.3 is 11.9 Å². The van der Waals surface area contributed by atoms with Crippen molar-refractivity contribution in [2.24, 2.45) is 66.6 Å². The van der Waals surface area contributed by atoms with Gasteiger partial charge in [-0.2, -0.15) is 0 Å². The summed E-state index contributed by atoms with van der Waals surface area (Å²) >= 11 is 0. The molecule has 3 unspecified atom stereocenters. The van der Waals surface area contributed by atoms with Crippen LogP contribution >= 0.6 is 0 Å². The lowest BCUT2D eigenvalue weighted by atomic mass is 10.0. The molecule has 0 spiro atoms. The molecule has 0 aliphatic heterocycles. The number of aliphatic imine (C=N–C) groups is 3. The van der Waals surface area contributed by atoms with E-state index in [-0.39, 0.29) is 89.0 Å². The van der Waals surface area contributed by atoms with Gasteiger partial charge in [0.15, 0.2) is 17.9 Å². The highest BCUT2D eigenvalue weighted by atomic mass is 16.4. The number of rotatable bonds is 36. The highest BCUT2D eigenvalue weighted by Gasteiger charge is 2.32. The van der Waals surface area contributed by atoms with Gasteiger partial charge in [-0.15, -0.1) is 0 Å². The third kappa shape index (κ3) is 27.6. The lowest BCUT2D eigenvalue weighted by Gasteiger charge is -2.27. The molecule has 6 amide bonds. The zero-order chi connectivity index (χ0) is 50.2. The number of aliphatic carboxylic acids is 2. The van der Waals surface area contributed by atoms with Crippen molar-refractivity contribution >= 4 is 65.3 Å². The molecule has 0 saturated carbocycles. The Balaban J connectivity index is 6.39. The van der Waals surface area contributed by atoms with Crippen LogP contribution in [-0.2, 0) is 38.4 Å². The maximum absolute atomic E-state index is 13.8. The fraction of sp³-hybridized carbons (Fsp3) is 0.711. The molecule has 0 bridgehead atoms. The number of nitrogens with zero attached hydrogens (tertiary/aromatic N) is 3. The molecule has 0 radical (unpaired) electrons. The maximum atomic E-state index is 13.8. The fourth-order valence-corrected chi connectivity index (χ4v) is 6.02. The Bertz CT molecular complexity index is 1650. The van der Waals surface area contributed by atoms with Crippen LogP contribution in [0, 0.1) is 0 Å². The highest BCUT2D eigenvalue weighted by molar-refractivity contribution is 5.97. The van der Waals surface area contributed by atoms with Gasteiger partial charge in [0.05, 0.1) is 6.04 Å². The average molecular weight is 943 g/mol. The van der Waals surface area contributed by atoms with Crippen molar-refractivity contribution in [1.82, 2.24) is 31.9 Å². The van der Waals surface area contributed by atoms with E-state index in [0.29, 0.717) is 38.6 Å². The topological polar surface area (TPSA) is 520 Å². The molecule has 66 heavy (non-hydrogen) atoms. The van der Waals surface area contributed by atoms with Crippen LogP contribution in [0.3, 0.4) is 0 Å². The normalized spacial score (nSPS) is 13.9. The minimum Gasteiger partial charge on any atom is -0.481 e. The monoisotopic (exact) mass is 943 g/mol. The number of nitrogens with two attached hydrogens (primary N) is 9. The van der Waals surface area contributed by atoms with Crippen LogP contribution in [0.2, 0.25) is 0 Å². The van der Waals surface area contributed by atoms with Gasteiger partial charge in [-0.25, -0.2) is 4.79 Å². The lowest BCUT2D eigenvalue weighted by molar-refractivity contribution is -0.143. The van der Waals surface area contributed by atoms with Crippen molar-refractivity contribution in [2.75, 3.05) is 32.7 Å². The van der Waals surface area contributed by atoms with Crippen molar-refractivity contribution in [2.45, 2.75) is 139 Å². The first-order valence-corrected chi connectivity index (χ1v) is 21.7. The first-order chi connectivity index (χ1) is 31.1. The van der Waals surface area contributed by atoms with Crippen LogP contribution in [0.1, 0.15) is 96.8 Å². The minimum atomic E-state index is -1.58. The molecule has 26 N–H and O–H groups in total. The summed E-state index contributed by atoms with van der Waals surface area (Å²) in [7, 11) is 0. The van der Waals surface area contributed by atoms with Gasteiger partial charge in [-0.3, -0.25) is 48.5 Å². The molecule has 28 nitrogen and oxygen atoms in total. The van der Waals surface area contributed by atoms with E-state index in [9.17, 15) is 43.5 Å². The van der Waals surface area contributed by atoms with Crippen molar-refractivity contribution in [1.29, 1.82) is 0 Å². The molecule has 0 aromatic carbocycles. The van der Waals surface area contributed by atoms with Gasteiger partial charge in [-0.05, 0) is 103 Å². The third-order valence-electron chi connectivity index (χ3n) is 9.63. The predicted molar refractivity (Wildman–Crippen MR) is 245 cm³/mol. The largest absolute Gasteiger partial charge is 0.481 e. The standard InChI is InChI=1S/C38H74N18O10/c1-21(29(59)52-26(13-8-20-50-38(46)47)33(63)54-24(11-3-5-17-40)34(64)56-27(35(65)66)14-15-28(57)58)51-31(61)25(12-7-19-49-37(44)45)55-32(62)23(10-2-4-16-39)53-30(60)22(41)9-6-18-48-36(42)43/h21-27H,2-20,39-41H2,1H3,(H,51,61)(H,52,59)(H,53,60)(H,54,63)(H,55,62)(H,56,64)(H,57,58)(H,65,66)(H4,42,43,48)(H4,44,45,49)(H4,46,47,50)/t21-,22-,23?,24?,25-,26-,27?/m0/s1. The summed E-state index contributed by atoms with van der Waals surface area (Å²) in [6, 6.07) is -9.05. The molecular formula is C38H74N18O10. The summed E-state index contributed by atoms with van der Waals surface area (Å²) in [6.07, 6.45) is 1.67. The van der Waals surface area contributed by atoms with Crippen molar-refractivity contribution in [3.8, 4) is 0 Å². The van der Waals surface area contributed by atoms with Gasteiger partial charge in [0.1, 0.15) is 36.3 Å². The van der Waals surface area contributed by atoms with E-state index in [1.807, 2.05) is 0 Å². The molecular weight excluding hydrogens is 869 g/mol. The van der Waals surface area contributed by atoms with E-state index >= 15 is 0 Å². The summed E-state index contributed by atoms with van der Waals surface area (Å²) in [5.41, 5.74) is 49.8. The lowest BCUT2D eigenvalue weighted by Crippen LogP contribution is -2.59. The Hall–Kier alpha value is -6.55. The van der Waals surface area contributed by atoms with Gasteiger partial charge < -0.3 is 93.7 Å². The van der Waals surface area contributed by atoms with E-state index < -0.39 is 103 Å². The number of guanidine groups is 3. The van der Waals surface area contributed by atoms with Gasteiger partial charge in [0.25, 0.3) is 0 Å². The molecule has 0 rings (SSSR count). The second kappa shape index (κ2) is 33.9. The number of carboxylic acid groups (broad SMARTS) is 2. The Labute approximate surface area is 383 Å². The van der Waals surface area contributed by atoms with Crippen LogP contribution in [0.5, 0.6) is 0 Å². The Morgan fingerprint density at radius 3 is 1.14 bits per heavy atom. The van der Waals surface area contributed by atoms with E-state index in [4.69, 9.17) is 56.7 Å². The molecule has 0 saturated heterocycles. The minimum absolute atomic E-state index is 0.00250. The van der Waals surface area contributed by atoms with E-state index in [1.54, 1.807) is 0 Å². The number of amides is 6. The predicted octanol–water partition coefficient (Wildman–Crippen LogP) is -6.39. The van der Waals surface area contributed by atoms with Crippen molar-refractivity contribution in [3.05, 3.63) is 0 Å². The number of carbonyl (C=O) groups excluding carboxylic acids is 6. The van der Waals surface area contributed by atoms with Gasteiger partial charge in [0, 0.05) is 26.1 Å². The van der Waals surface area contributed by atoms with Crippen LogP contribution in [0.15, 0.2) is 15.0 Å². The summed E-state index contributed by atoms with van der Waals surface area (Å²) < 4.78 is 0. The average Bonchev–Trinajstić information content (AvgIpc) is 3.24. The number of carbonyl (C=O) groups is 8. The van der Waals surface area contributed by atoms with Crippen LogP contribution < -0.4 is 83.5 Å². The molecule has 7 atom stereocenters. The second-order valence-electron chi connectivity index (χ2n) is 15.3.